The van der Waals surface area contributed by atoms with Crippen molar-refractivity contribution < 1.29 is 25.2 Å². The molecule has 1 heterocycles. The lowest BCUT2D eigenvalue weighted by molar-refractivity contribution is -0.221. The normalized spacial score (nSPS) is 35.1. The van der Waals surface area contributed by atoms with Gasteiger partial charge in [0, 0.05) is 11.4 Å². The van der Waals surface area contributed by atoms with Gasteiger partial charge in [0.1, 0.15) is 24.4 Å². The van der Waals surface area contributed by atoms with E-state index in [9.17, 15) is 15.3 Å². The van der Waals surface area contributed by atoms with Crippen molar-refractivity contribution in [2.45, 2.75) is 30.6 Å². The van der Waals surface area contributed by atoms with E-state index in [2.05, 4.69) is 5.32 Å². The van der Waals surface area contributed by atoms with E-state index in [0.717, 1.165) is 0 Å². The molecule has 7 N–H and O–H groups in total. The maximum atomic E-state index is 9.84. The molecule has 0 radical (unpaired) electrons. The van der Waals surface area contributed by atoms with Gasteiger partial charge in [0.15, 0.2) is 6.23 Å². The summed E-state index contributed by atoms with van der Waals surface area (Å²) < 4.78 is 5.31. The van der Waals surface area contributed by atoms with Crippen molar-refractivity contribution in [2.24, 2.45) is 0 Å². The molecule has 1 aromatic rings. The van der Waals surface area contributed by atoms with Crippen LogP contribution in [0.2, 0.25) is 0 Å². The van der Waals surface area contributed by atoms with Gasteiger partial charge in [-0.2, -0.15) is 0 Å². The molecule has 0 aliphatic carbocycles. The van der Waals surface area contributed by atoms with Crippen LogP contribution in [0.15, 0.2) is 24.3 Å². The first-order valence-corrected chi connectivity index (χ1v) is 5.95. The molecule has 5 atom stereocenters. The Morgan fingerprint density at radius 2 is 1.89 bits per heavy atom. The Morgan fingerprint density at radius 1 is 1.16 bits per heavy atom. The molecule has 0 aromatic heterocycles. The van der Waals surface area contributed by atoms with Crippen molar-refractivity contribution in [3.63, 3.8) is 0 Å². The summed E-state index contributed by atoms with van der Waals surface area (Å²) in [6.45, 7) is -0.458. The van der Waals surface area contributed by atoms with E-state index >= 15 is 0 Å². The van der Waals surface area contributed by atoms with Crippen molar-refractivity contribution >= 4 is 11.4 Å². The lowest BCUT2D eigenvalue weighted by Crippen LogP contribution is -2.60. The van der Waals surface area contributed by atoms with Crippen LogP contribution in [-0.2, 0) is 4.74 Å². The second-order valence-electron chi connectivity index (χ2n) is 4.52. The predicted molar refractivity (Wildman–Crippen MR) is 68.2 cm³/mol. The van der Waals surface area contributed by atoms with E-state index in [-0.39, 0.29) is 0 Å². The summed E-state index contributed by atoms with van der Waals surface area (Å²) in [5.74, 6) is 0. The molecule has 0 amide bonds. The maximum absolute atomic E-state index is 9.84. The molecule has 1 aromatic carbocycles. The van der Waals surface area contributed by atoms with Gasteiger partial charge in [-0.3, -0.25) is 0 Å². The molecule has 1 aliphatic rings. The Balaban J connectivity index is 2.10. The summed E-state index contributed by atoms with van der Waals surface area (Å²) in [5, 5.41) is 41.0. The molecular weight excluding hydrogens is 252 g/mol. The number of aliphatic hydroxyl groups excluding tert-OH is 4. The minimum atomic E-state index is -1.40. The number of benzene rings is 1. The van der Waals surface area contributed by atoms with Gasteiger partial charge < -0.3 is 36.2 Å². The van der Waals surface area contributed by atoms with Crippen molar-refractivity contribution in [3.05, 3.63) is 24.3 Å². The van der Waals surface area contributed by atoms with Crippen LogP contribution in [0.25, 0.3) is 0 Å². The summed E-state index contributed by atoms with van der Waals surface area (Å²) in [5.41, 5.74) is 6.77. The third-order valence-corrected chi connectivity index (χ3v) is 3.09. The minimum absolute atomic E-state index is 0.458. The first kappa shape index (κ1) is 14.0. The standard InChI is InChI=1S/C12H18N2O5/c13-6-2-1-3-7(4-6)14-12-11(18)10(17)9(16)8(5-15)19-12/h1-4,8-12,14-18H,5,13H2/t8-,9-,10+,11-,12?/m1/s1. The third-order valence-electron chi connectivity index (χ3n) is 3.09. The number of rotatable bonds is 3. The van der Waals surface area contributed by atoms with Crippen molar-refractivity contribution in [1.82, 2.24) is 0 Å². The monoisotopic (exact) mass is 270 g/mol. The number of aliphatic hydroxyl groups is 4. The Bertz CT molecular complexity index is 428. The fourth-order valence-electron chi connectivity index (χ4n) is 2.01. The Labute approximate surface area is 110 Å². The zero-order valence-corrected chi connectivity index (χ0v) is 10.2. The number of hydrogen-bond donors (Lipinski definition) is 6. The van der Waals surface area contributed by atoms with Gasteiger partial charge in [-0.05, 0) is 18.2 Å². The number of nitrogens with two attached hydrogens (primary N) is 1. The van der Waals surface area contributed by atoms with Crippen LogP contribution in [0.1, 0.15) is 0 Å². The highest BCUT2D eigenvalue weighted by Crippen LogP contribution is 2.23. The molecule has 19 heavy (non-hydrogen) atoms. The molecule has 1 saturated heterocycles. The highest BCUT2D eigenvalue weighted by atomic mass is 16.6. The topological polar surface area (TPSA) is 128 Å². The molecule has 0 bridgehead atoms. The molecule has 1 aliphatic heterocycles. The molecule has 106 valence electrons. The zero-order chi connectivity index (χ0) is 14.0. The predicted octanol–water partition coefficient (Wildman–Crippen LogP) is -1.52. The first-order chi connectivity index (χ1) is 9.02. The van der Waals surface area contributed by atoms with Crippen molar-refractivity contribution in [2.75, 3.05) is 17.7 Å². The van der Waals surface area contributed by atoms with Gasteiger partial charge in [-0.15, -0.1) is 0 Å². The molecule has 0 saturated carbocycles. The average Bonchev–Trinajstić information content (AvgIpc) is 2.39. The molecule has 2 rings (SSSR count). The minimum Gasteiger partial charge on any atom is -0.399 e. The SMILES string of the molecule is Nc1cccc(NC2O[C@H](CO)[C@@H](O)[C@H](O)[C@H]2O)c1. The summed E-state index contributed by atoms with van der Waals surface area (Å²) in [6.07, 6.45) is -5.96. The van der Waals surface area contributed by atoms with E-state index in [0.29, 0.717) is 11.4 Å². The molecule has 1 unspecified atom stereocenters. The van der Waals surface area contributed by atoms with Gasteiger partial charge >= 0.3 is 0 Å². The smallest absolute Gasteiger partial charge is 0.157 e. The average molecular weight is 270 g/mol. The fourth-order valence-corrected chi connectivity index (χ4v) is 2.01. The molecule has 7 heteroatoms. The largest absolute Gasteiger partial charge is 0.399 e. The maximum Gasteiger partial charge on any atom is 0.157 e. The van der Waals surface area contributed by atoms with Gasteiger partial charge in [-0.1, -0.05) is 6.07 Å². The van der Waals surface area contributed by atoms with Crippen LogP contribution in [0, 0.1) is 0 Å². The highest BCUT2D eigenvalue weighted by Gasteiger charge is 2.43. The molecule has 0 spiro atoms. The second kappa shape index (κ2) is 5.72. The second-order valence-corrected chi connectivity index (χ2v) is 4.52. The Kier molecular flexibility index (Phi) is 4.23. The van der Waals surface area contributed by atoms with E-state index < -0.39 is 37.3 Å². The summed E-state index contributed by atoms with van der Waals surface area (Å²) >= 11 is 0. The Hall–Kier alpha value is -1.38. The van der Waals surface area contributed by atoms with E-state index in [1.807, 2.05) is 0 Å². The van der Waals surface area contributed by atoms with Crippen molar-refractivity contribution in [1.29, 1.82) is 0 Å². The van der Waals surface area contributed by atoms with E-state index in [1.54, 1.807) is 24.3 Å². The summed E-state index contributed by atoms with van der Waals surface area (Å²) in [7, 11) is 0. The number of nitrogen functional groups attached to an aromatic ring is 1. The highest BCUT2D eigenvalue weighted by molar-refractivity contribution is 5.54. The van der Waals surface area contributed by atoms with Crippen LogP contribution in [0.5, 0.6) is 0 Å². The van der Waals surface area contributed by atoms with Crippen LogP contribution < -0.4 is 11.1 Å². The lowest BCUT2D eigenvalue weighted by atomic mass is 9.98. The van der Waals surface area contributed by atoms with Crippen LogP contribution in [0.3, 0.4) is 0 Å². The molecule has 7 nitrogen and oxygen atoms in total. The lowest BCUT2D eigenvalue weighted by Gasteiger charge is -2.40. The summed E-state index contributed by atoms with van der Waals surface area (Å²) in [6, 6.07) is 6.79. The summed E-state index contributed by atoms with van der Waals surface area (Å²) in [4.78, 5) is 0. The first-order valence-electron chi connectivity index (χ1n) is 5.95. The van der Waals surface area contributed by atoms with Gasteiger partial charge in [0.2, 0.25) is 0 Å². The molecular formula is C12H18N2O5. The third kappa shape index (κ3) is 2.96. The van der Waals surface area contributed by atoms with Gasteiger partial charge in [-0.25, -0.2) is 0 Å². The molecule has 1 fully saturated rings. The number of nitrogens with one attached hydrogen (secondary N) is 1. The Morgan fingerprint density at radius 3 is 2.53 bits per heavy atom. The van der Waals surface area contributed by atoms with Gasteiger partial charge in [0.05, 0.1) is 6.61 Å². The number of anilines is 2. The van der Waals surface area contributed by atoms with Crippen LogP contribution >= 0.6 is 0 Å². The zero-order valence-electron chi connectivity index (χ0n) is 10.2. The number of hydrogen-bond acceptors (Lipinski definition) is 7. The van der Waals surface area contributed by atoms with E-state index in [1.165, 1.54) is 0 Å². The number of ether oxygens (including phenoxy) is 1. The van der Waals surface area contributed by atoms with Gasteiger partial charge in [0.25, 0.3) is 0 Å². The van der Waals surface area contributed by atoms with Crippen LogP contribution in [0.4, 0.5) is 11.4 Å². The van der Waals surface area contributed by atoms with Crippen LogP contribution in [-0.4, -0.2) is 57.7 Å². The fraction of sp³-hybridized carbons (Fsp3) is 0.500. The van der Waals surface area contributed by atoms with Crippen molar-refractivity contribution in [3.8, 4) is 0 Å². The quantitative estimate of drug-likeness (QED) is 0.368. The van der Waals surface area contributed by atoms with E-state index in [4.69, 9.17) is 15.6 Å².